The van der Waals surface area contributed by atoms with Crippen LogP contribution in [0.2, 0.25) is 0 Å². The SMILES string of the molecule is COC(=O)[C@@H](NC(=O)CC1(N)CCCCC1)C(C)C. The minimum Gasteiger partial charge on any atom is -0.467 e. The van der Waals surface area contributed by atoms with Crippen LogP contribution in [0.25, 0.3) is 0 Å². The first kappa shape index (κ1) is 16.0. The Bertz CT molecular complexity index is 323. The lowest BCUT2D eigenvalue weighted by molar-refractivity contribution is -0.146. The van der Waals surface area contributed by atoms with Gasteiger partial charge in [-0.25, -0.2) is 4.79 Å². The lowest BCUT2D eigenvalue weighted by atomic mass is 9.80. The smallest absolute Gasteiger partial charge is 0.328 e. The Morgan fingerprint density at radius 3 is 2.32 bits per heavy atom. The van der Waals surface area contributed by atoms with E-state index in [0.717, 1.165) is 25.7 Å². The van der Waals surface area contributed by atoms with E-state index in [-0.39, 0.29) is 18.2 Å². The van der Waals surface area contributed by atoms with Crippen molar-refractivity contribution in [2.45, 2.75) is 64.0 Å². The molecule has 0 aromatic rings. The molecule has 19 heavy (non-hydrogen) atoms. The van der Waals surface area contributed by atoms with Gasteiger partial charge in [0.25, 0.3) is 0 Å². The largest absolute Gasteiger partial charge is 0.467 e. The minimum atomic E-state index is -0.593. The Hall–Kier alpha value is -1.10. The number of hydrogen-bond donors (Lipinski definition) is 2. The Kier molecular flexibility index (Phi) is 5.79. The average molecular weight is 270 g/mol. The summed E-state index contributed by atoms with van der Waals surface area (Å²) in [7, 11) is 1.33. The third-order valence-corrected chi connectivity index (χ3v) is 3.80. The van der Waals surface area contributed by atoms with Crippen molar-refractivity contribution in [3.63, 3.8) is 0 Å². The number of amides is 1. The fourth-order valence-electron chi connectivity index (χ4n) is 2.60. The second-order valence-corrected chi connectivity index (χ2v) is 5.91. The highest BCUT2D eigenvalue weighted by Gasteiger charge is 2.32. The van der Waals surface area contributed by atoms with Gasteiger partial charge in [0.05, 0.1) is 7.11 Å². The van der Waals surface area contributed by atoms with Crippen LogP contribution in [-0.4, -0.2) is 30.6 Å². The molecule has 0 aliphatic heterocycles. The van der Waals surface area contributed by atoms with Gasteiger partial charge in [0.1, 0.15) is 6.04 Å². The zero-order valence-corrected chi connectivity index (χ0v) is 12.2. The number of nitrogens with two attached hydrogens (primary N) is 1. The van der Waals surface area contributed by atoms with Crippen molar-refractivity contribution in [3.05, 3.63) is 0 Å². The first-order valence-electron chi connectivity index (χ1n) is 7.04. The van der Waals surface area contributed by atoms with Gasteiger partial charge >= 0.3 is 5.97 Å². The maximum Gasteiger partial charge on any atom is 0.328 e. The summed E-state index contributed by atoms with van der Waals surface area (Å²) in [5.74, 6) is -0.567. The van der Waals surface area contributed by atoms with Gasteiger partial charge in [0.2, 0.25) is 5.91 Å². The summed E-state index contributed by atoms with van der Waals surface area (Å²) < 4.78 is 4.70. The van der Waals surface area contributed by atoms with E-state index >= 15 is 0 Å². The molecule has 1 atom stereocenters. The molecule has 1 rings (SSSR count). The third-order valence-electron chi connectivity index (χ3n) is 3.80. The number of rotatable bonds is 5. The lowest BCUT2D eigenvalue weighted by Crippen LogP contribution is -2.50. The van der Waals surface area contributed by atoms with Crippen LogP contribution in [0.15, 0.2) is 0 Å². The molecule has 1 aliphatic rings. The highest BCUT2D eigenvalue weighted by Crippen LogP contribution is 2.28. The number of hydrogen-bond acceptors (Lipinski definition) is 4. The topological polar surface area (TPSA) is 81.4 Å². The first-order chi connectivity index (χ1) is 8.88. The molecule has 5 heteroatoms. The van der Waals surface area contributed by atoms with Crippen molar-refractivity contribution in [2.24, 2.45) is 11.7 Å². The second kappa shape index (κ2) is 6.89. The monoisotopic (exact) mass is 270 g/mol. The molecule has 0 spiro atoms. The van der Waals surface area contributed by atoms with Gasteiger partial charge in [-0.15, -0.1) is 0 Å². The second-order valence-electron chi connectivity index (χ2n) is 5.91. The van der Waals surface area contributed by atoms with Crippen molar-refractivity contribution < 1.29 is 14.3 Å². The fourth-order valence-corrected chi connectivity index (χ4v) is 2.60. The van der Waals surface area contributed by atoms with Crippen LogP contribution in [-0.2, 0) is 14.3 Å². The molecule has 0 aromatic carbocycles. The highest BCUT2D eigenvalue weighted by molar-refractivity contribution is 5.85. The van der Waals surface area contributed by atoms with Crippen LogP contribution in [0.3, 0.4) is 0 Å². The Labute approximate surface area is 115 Å². The van der Waals surface area contributed by atoms with E-state index < -0.39 is 17.6 Å². The van der Waals surface area contributed by atoms with Gasteiger partial charge in [0.15, 0.2) is 0 Å². The van der Waals surface area contributed by atoms with Crippen LogP contribution in [0.1, 0.15) is 52.4 Å². The normalized spacial score (nSPS) is 19.8. The van der Waals surface area contributed by atoms with Crippen LogP contribution in [0.4, 0.5) is 0 Å². The molecule has 3 N–H and O–H groups in total. The van der Waals surface area contributed by atoms with Gasteiger partial charge in [-0.3, -0.25) is 4.79 Å². The zero-order chi connectivity index (χ0) is 14.5. The van der Waals surface area contributed by atoms with E-state index in [2.05, 4.69) is 5.32 Å². The van der Waals surface area contributed by atoms with E-state index in [1.165, 1.54) is 13.5 Å². The Morgan fingerprint density at radius 2 is 1.84 bits per heavy atom. The third kappa shape index (κ3) is 4.82. The maximum absolute atomic E-state index is 12.1. The summed E-state index contributed by atoms with van der Waals surface area (Å²) in [5, 5.41) is 2.75. The van der Waals surface area contributed by atoms with Crippen LogP contribution < -0.4 is 11.1 Å². The molecule has 0 saturated heterocycles. The molecule has 0 heterocycles. The number of nitrogens with one attached hydrogen (secondary N) is 1. The van der Waals surface area contributed by atoms with E-state index in [0.29, 0.717) is 0 Å². The molecule has 1 saturated carbocycles. The highest BCUT2D eigenvalue weighted by atomic mass is 16.5. The van der Waals surface area contributed by atoms with Crippen LogP contribution >= 0.6 is 0 Å². The predicted molar refractivity (Wildman–Crippen MR) is 73.4 cm³/mol. The molecule has 0 bridgehead atoms. The Morgan fingerprint density at radius 1 is 1.26 bits per heavy atom. The van der Waals surface area contributed by atoms with Crippen LogP contribution in [0, 0.1) is 5.92 Å². The number of methoxy groups -OCH3 is 1. The summed E-state index contributed by atoms with van der Waals surface area (Å²) in [5.41, 5.74) is 5.84. The van der Waals surface area contributed by atoms with Crippen LogP contribution in [0.5, 0.6) is 0 Å². The van der Waals surface area contributed by atoms with Gasteiger partial charge in [0, 0.05) is 12.0 Å². The van der Waals surface area contributed by atoms with Gasteiger partial charge in [-0.1, -0.05) is 33.1 Å². The van der Waals surface area contributed by atoms with Gasteiger partial charge < -0.3 is 15.8 Å². The number of ether oxygens (including phenoxy) is 1. The lowest BCUT2D eigenvalue weighted by Gasteiger charge is -2.33. The molecule has 1 aliphatic carbocycles. The molecule has 1 amide bonds. The molecular formula is C14H26N2O3. The average Bonchev–Trinajstić information content (AvgIpc) is 2.35. The number of esters is 1. The molecule has 0 radical (unpaired) electrons. The molecule has 110 valence electrons. The summed E-state index contributed by atoms with van der Waals surface area (Å²) >= 11 is 0. The molecular weight excluding hydrogens is 244 g/mol. The van der Waals surface area contributed by atoms with E-state index in [4.69, 9.17) is 10.5 Å². The summed E-state index contributed by atoms with van der Waals surface area (Å²) in [6, 6.07) is -0.593. The van der Waals surface area contributed by atoms with E-state index in [1.54, 1.807) is 0 Å². The van der Waals surface area contributed by atoms with Crippen molar-refractivity contribution in [3.8, 4) is 0 Å². The summed E-state index contributed by atoms with van der Waals surface area (Å²) in [4.78, 5) is 23.6. The molecule has 0 unspecified atom stereocenters. The maximum atomic E-state index is 12.1. The van der Waals surface area contributed by atoms with Crippen molar-refractivity contribution in [1.29, 1.82) is 0 Å². The van der Waals surface area contributed by atoms with Crippen molar-refractivity contribution >= 4 is 11.9 Å². The van der Waals surface area contributed by atoms with Gasteiger partial charge in [-0.2, -0.15) is 0 Å². The zero-order valence-electron chi connectivity index (χ0n) is 12.2. The molecule has 0 aromatic heterocycles. The van der Waals surface area contributed by atoms with E-state index in [1.807, 2.05) is 13.8 Å². The first-order valence-corrected chi connectivity index (χ1v) is 7.04. The minimum absolute atomic E-state index is 0.00326. The number of carbonyl (C=O) groups excluding carboxylic acids is 2. The van der Waals surface area contributed by atoms with Crippen molar-refractivity contribution in [2.75, 3.05) is 7.11 Å². The number of carbonyl (C=O) groups is 2. The van der Waals surface area contributed by atoms with Gasteiger partial charge in [-0.05, 0) is 18.8 Å². The molecule has 1 fully saturated rings. The van der Waals surface area contributed by atoms with Crippen molar-refractivity contribution in [1.82, 2.24) is 5.32 Å². The summed E-state index contributed by atoms with van der Waals surface area (Å²) in [6.45, 7) is 3.75. The predicted octanol–water partition coefficient (Wildman–Crippen LogP) is 1.35. The standard InChI is InChI=1S/C14H26N2O3/c1-10(2)12(13(18)19-3)16-11(17)9-14(15)7-5-4-6-8-14/h10,12H,4-9,15H2,1-3H3,(H,16,17)/t12-/m0/s1. The molecule has 5 nitrogen and oxygen atoms in total. The summed E-state index contributed by atoms with van der Waals surface area (Å²) in [6.07, 6.45) is 5.39. The fraction of sp³-hybridized carbons (Fsp3) is 0.857. The quantitative estimate of drug-likeness (QED) is 0.739. The van der Waals surface area contributed by atoms with E-state index in [9.17, 15) is 9.59 Å². The Balaban J connectivity index is 2.55.